The van der Waals surface area contributed by atoms with Crippen molar-refractivity contribution >= 4 is 41.2 Å². The average molecular weight is 665 g/mol. The van der Waals surface area contributed by atoms with E-state index in [9.17, 15) is 28.8 Å². The van der Waals surface area contributed by atoms with Crippen LogP contribution in [0.1, 0.15) is 70.3 Å². The molecule has 3 aliphatic heterocycles. The van der Waals surface area contributed by atoms with Crippen molar-refractivity contribution in [2.45, 2.75) is 95.3 Å². The van der Waals surface area contributed by atoms with Crippen molar-refractivity contribution < 1.29 is 28.8 Å². The van der Waals surface area contributed by atoms with E-state index in [2.05, 4.69) is 26.6 Å². The molecule has 1 aromatic rings. The second-order valence-electron chi connectivity index (χ2n) is 13.9. The third-order valence-electron chi connectivity index (χ3n) is 11.0. The van der Waals surface area contributed by atoms with Crippen molar-refractivity contribution in [1.29, 1.82) is 5.41 Å². The Balaban J connectivity index is 1.54. The molecule has 0 radical (unpaired) electrons. The van der Waals surface area contributed by atoms with Gasteiger partial charge in [0.2, 0.25) is 23.6 Å². The van der Waals surface area contributed by atoms with E-state index in [-0.39, 0.29) is 75.0 Å². The number of amides is 4. The number of Topliss-reactive ketones (excluding diaryl/α,β-unsaturated/α-hetero) is 2. The number of nitrogens with two attached hydrogens (primary N) is 2. The van der Waals surface area contributed by atoms with Gasteiger partial charge in [-0.3, -0.25) is 34.2 Å². The molecule has 2 bridgehead atoms. The zero-order valence-electron chi connectivity index (χ0n) is 27.4. The highest BCUT2D eigenvalue weighted by Gasteiger charge is 2.64. The minimum absolute atomic E-state index is 0.0166. The minimum atomic E-state index is -1.39. The zero-order chi connectivity index (χ0) is 34.6. The van der Waals surface area contributed by atoms with Crippen LogP contribution in [-0.4, -0.2) is 78.4 Å². The fourth-order valence-electron chi connectivity index (χ4n) is 8.53. The molecule has 4 fully saturated rings. The summed E-state index contributed by atoms with van der Waals surface area (Å²) in [5.41, 5.74) is 9.24. The monoisotopic (exact) mass is 664 g/mol. The molecule has 0 aromatic heterocycles. The lowest BCUT2D eigenvalue weighted by molar-refractivity contribution is -0.153. The molecule has 1 spiro atoms. The SMILES string of the molecule is CCCC[C@@H]1NC[C@H](C(=O)C23CCC4(C[C@H](C(N)=O)NC(=O)[C@H]4CCCNC(=N)N)C(=O)[C@@H](C2)NC(=O)[C@@H]3Cc2ccccc2)NC1=O. The second-order valence-corrected chi connectivity index (χ2v) is 13.9. The highest BCUT2D eigenvalue weighted by molar-refractivity contribution is 6.05. The molecule has 5 rings (SSSR count). The molecule has 8 atom stereocenters. The van der Waals surface area contributed by atoms with Gasteiger partial charge in [0.05, 0.1) is 23.9 Å². The second kappa shape index (κ2) is 14.4. The van der Waals surface area contributed by atoms with Gasteiger partial charge in [-0.2, -0.15) is 0 Å². The lowest BCUT2D eigenvalue weighted by Crippen LogP contribution is -2.67. The number of piperidine rings is 2. The van der Waals surface area contributed by atoms with Crippen LogP contribution < -0.4 is 38.1 Å². The van der Waals surface area contributed by atoms with Crippen LogP contribution in [0, 0.1) is 28.1 Å². The highest BCUT2D eigenvalue weighted by Crippen LogP contribution is 2.55. The summed E-state index contributed by atoms with van der Waals surface area (Å²) < 4.78 is 0. The van der Waals surface area contributed by atoms with Gasteiger partial charge in [-0.15, -0.1) is 0 Å². The molecular formula is C34H48N8O6. The lowest BCUT2D eigenvalue weighted by atomic mass is 9.59. The number of hydrogen-bond donors (Lipinski definition) is 8. The van der Waals surface area contributed by atoms with E-state index in [1.54, 1.807) is 0 Å². The van der Waals surface area contributed by atoms with Crippen LogP contribution in [0.4, 0.5) is 0 Å². The fraction of sp³-hybridized carbons (Fsp3) is 0.618. The first-order valence-electron chi connectivity index (χ1n) is 17.1. The number of hydrogen-bond acceptors (Lipinski definition) is 8. The number of guanidine groups is 1. The number of unbranched alkanes of at least 4 members (excludes halogenated alkanes) is 1. The molecule has 2 unspecified atom stereocenters. The van der Waals surface area contributed by atoms with Crippen LogP contribution in [0.15, 0.2) is 30.3 Å². The van der Waals surface area contributed by atoms with Gasteiger partial charge in [0.25, 0.3) is 0 Å². The Labute approximate surface area is 280 Å². The minimum Gasteiger partial charge on any atom is -0.370 e. The molecule has 14 nitrogen and oxygen atoms in total. The highest BCUT2D eigenvalue weighted by atomic mass is 16.2. The normalized spacial score (nSPS) is 33.2. The summed E-state index contributed by atoms with van der Waals surface area (Å²) in [5, 5.41) is 21.9. The first-order valence-corrected chi connectivity index (χ1v) is 17.1. The van der Waals surface area contributed by atoms with Crippen LogP contribution in [0.2, 0.25) is 0 Å². The summed E-state index contributed by atoms with van der Waals surface area (Å²) in [5.74, 6) is -4.61. The lowest BCUT2D eigenvalue weighted by Gasteiger charge is -2.46. The van der Waals surface area contributed by atoms with Crippen molar-refractivity contribution in [3.05, 3.63) is 35.9 Å². The third kappa shape index (κ3) is 6.80. The Morgan fingerprint density at radius 1 is 0.896 bits per heavy atom. The van der Waals surface area contributed by atoms with Crippen molar-refractivity contribution in [2.24, 2.45) is 34.1 Å². The summed E-state index contributed by atoms with van der Waals surface area (Å²) >= 11 is 0. The number of piperazine rings is 1. The number of nitrogens with one attached hydrogen (secondary N) is 6. The quantitative estimate of drug-likeness (QED) is 0.0818. The Morgan fingerprint density at radius 3 is 2.27 bits per heavy atom. The van der Waals surface area contributed by atoms with Gasteiger partial charge in [-0.1, -0.05) is 50.1 Å². The Kier molecular flexibility index (Phi) is 10.5. The summed E-state index contributed by atoms with van der Waals surface area (Å²) in [6, 6.07) is 5.84. The zero-order valence-corrected chi connectivity index (χ0v) is 27.4. The first kappa shape index (κ1) is 35.0. The van der Waals surface area contributed by atoms with Gasteiger partial charge in [-0.05, 0) is 56.9 Å². The van der Waals surface area contributed by atoms with Crippen molar-refractivity contribution in [2.75, 3.05) is 13.1 Å². The Bertz CT molecular complexity index is 1450. The number of carbonyl (C=O) groups excluding carboxylic acids is 6. The van der Waals surface area contributed by atoms with Gasteiger partial charge in [0.15, 0.2) is 17.5 Å². The molecule has 260 valence electrons. The third-order valence-corrected chi connectivity index (χ3v) is 11.0. The molecule has 1 aromatic carbocycles. The number of carbonyl (C=O) groups is 6. The summed E-state index contributed by atoms with van der Waals surface area (Å²) in [4.78, 5) is 83.0. The van der Waals surface area contributed by atoms with Crippen LogP contribution >= 0.6 is 0 Å². The summed E-state index contributed by atoms with van der Waals surface area (Å²) in [6.07, 6.45) is 3.42. The number of benzene rings is 1. The van der Waals surface area contributed by atoms with Gasteiger partial charge in [0.1, 0.15) is 12.1 Å². The van der Waals surface area contributed by atoms with E-state index >= 15 is 0 Å². The van der Waals surface area contributed by atoms with E-state index in [0.29, 0.717) is 12.8 Å². The molecule has 14 heteroatoms. The number of primary amides is 1. The summed E-state index contributed by atoms with van der Waals surface area (Å²) in [7, 11) is 0. The van der Waals surface area contributed by atoms with Crippen LogP contribution in [0.5, 0.6) is 0 Å². The number of ketones is 2. The van der Waals surface area contributed by atoms with Gasteiger partial charge < -0.3 is 38.1 Å². The standard InChI is InChI=1S/C34H48N8O6/c1-2-3-11-22-31(48)42-25(18-39-22)27(44)34-13-12-33(17-24(28(35)45)41-29(46)20(33)10-7-14-38-32(36)37)26(43)23(16-34)40-30(47)21(34)15-19-8-5-4-6-9-19/h4-6,8-9,20-25,39H,2-3,7,10-18H2,1H3,(H2,35,45)(H,40,47)(H,41,46)(H,42,48)(H4,36,37,38)/t20-,21+,22+,23-,24-,25-,33?,34?/m1/s1. The molecule has 1 aliphatic carbocycles. The Hall–Kier alpha value is -4.33. The molecule has 4 aliphatic rings. The topological polar surface area (TPSA) is 238 Å². The van der Waals surface area contributed by atoms with Gasteiger partial charge in [0, 0.05) is 23.9 Å². The first-order chi connectivity index (χ1) is 22.9. The molecule has 3 saturated heterocycles. The molecular weight excluding hydrogens is 616 g/mol. The van der Waals surface area contributed by atoms with Crippen LogP contribution in [0.3, 0.4) is 0 Å². The average Bonchev–Trinajstić information content (AvgIpc) is 3.15. The predicted molar refractivity (Wildman–Crippen MR) is 176 cm³/mol. The van der Waals surface area contributed by atoms with Crippen LogP contribution in [-0.2, 0) is 35.2 Å². The van der Waals surface area contributed by atoms with Gasteiger partial charge >= 0.3 is 0 Å². The molecule has 4 amide bonds. The molecule has 1 saturated carbocycles. The maximum atomic E-state index is 14.9. The van der Waals surface area contributed by atoms with Crippen molar-refractivity contribution in [3.8, 4) is 0 Å². The van der Waals surface area contributed by atoms with E-state index in [1.807, 2.05) is 37.3 Å². The maximum Gasteiger partial charge on any atom is 0.240 e. The van der Waals surface area contributed by atoms with E-state index in [4.69, 9.17) is 16.9 Å². The Morgan fingerprint density at radius 2 is 1.60 bits per heavy atom. The summed E-state index contributed by atoms with van der Waals surface area (Å²) in [6.45, 7) is 2.53. The smallest absolute Gasteiger partial charge is 0.240 e. The molecule has 48 heavy (non-hydrogen) atoms. The van der Waals surface area contributed by atoms with E-state index in [1.165, 1.54) is 0 Å². The van der Waals surface area contributed by atoms with E-state index < -0.39 is 64.6 Å². The predicted octanol–water partition coefficient (Wildman–Crippen LogP) is -0.461. The molecule has 3 heterocycles. The number of fused-ring (bicyclic) bond motifs is 2. The van der Waals surface area contributed by atoms with Crippen molar-refractivity contribution in [1.82, 2.24) is 26.6 Å². The maximum absolute atomic E-state index is 14.9. The van der Waals surface area contributed by atoms with Gasteiger partial charge in [-0.25, -0.2) is 0 Å². The largest absolute Gasteiger partial charge is 0.370 e. The number of rotatable bonds is 12. The fourth-order valence-corrected chi connectivity index (χ4v) is 8.53. The van der Waals surface area contributed by atoms with E-state index in [0.717, 1.165) is 18.4 Å². The van der Waals surface area contributed by atoms with Crippen LogP contribution in [0.25, 0.3) is 0 Å². The molecule has 10 N–H and O–H groups in total. The van der Waals surface area contributed by atoms with Crippen molar-refractivity contribution in [3.63, 3.8) is 0 Å².